The molecule has 20 heavy (non-hydrogen) atoms. The zero-order valence-electron chi connectivity index (χ0n) is 12.8. The molecule has 112 valence electrons. The molecule has 3 N–H and O–H groups in total. The molecular weight excluding hydrogens is 250 g/mol. The Labute approximate surface area is 122 Å². The molecule has 1 amide bonds. The van der Waals surface area contributed by atoms with Gasteiger partial charge in [-0.2, -0.15) is 0 Å². The molecule has 4 nitrogen and oxygen atoms in total. The Morgan fingerprint density at radius 1 is 1.25 bits per heavy atom. The summed E-state index contributed by atoms with van der Waals surface area (Å²) in [7, 11) is 0. The van der Waals surface area contributed by atoms with Crippen LogP contribution in [0.25, 0.3) is 0 Å². The molecule has 0 aromatic heterocycles. The Balaban J connectivity index is 2.57. The number of nitrogens with zero attached hydrogens (tertiary/aromatic N) is 1. The van der Waals surface area contributed by atoms with E-state index >= 15 is 0 Å². The van der Waals surface area contributed by atoms with Crippen LogP contribution in [-0.2, 0) is 4.79 Å². The lowest BCUT2D eigenvalue weighted by atomic mass is 10.1. The third-order valence-electron chi connectivity index (χ3n) is 3.61. The van der Waals surface area contributed by atoms with Crippen molar-refractivity contribution in [2.75, 3.05) is 19.6 Å². The predicted molar refractivity (Wildman–Crippen MR) is 83.4 cm³/mol. The largest absolute Gasteiger partial charge is 0.343 e. The van der Waals surface area contributed by atoms with E-state index in [0.717, 1.165) is 13.1 Å². The monoisotopic (exact) mass is 277 g/mol. The van der Waals surface area contributed by atoms with Gasteiger partial charge in [-0.25, -0.2) is 0 Å². The summed E-state index contributed by atoms with van der Waals surface area (Å²) in [6, 6.07) is 10.4. The standard InChI is InChI=1S/C16H27N3O/c1-4-19(5-2)16(20)11-15(12-17)18-13(3)14-9-7-6-8-10-14/h6-10,13,15,18H,4-5,11-12,17H2,1-3H3. The van der Waals surface area contributed by atoms with Gasteiger partial charge in [-0.3, -0.25) is 4.79 Å². The Morgan fingerprint density at radius 3 is 2.35 bits per heavy atom. The van der Waals surface area contributed by atoms with Crippen molar-refractivity contribution in [1.29, 1.82) is 0 Å². The van der Waals surface area contributed by atoms with Crippen LogP contribution in [0.4, 0.5) is 0 Å². The van der Waals surface area contributed by atoms with E-state index in [2.05, 4.69) is 24.4 Å². The lowest BCUT2D eigenvalue weighted by molar-refractivity contribution is -0.131. The molecule has 0 radical (unpaired) electrons. The molecule has 0 aliphatic rings. The summed E-state index contributed by atoms with van der Waals surface area (Å²) < 4.78 is 0. The number of amides is 1. The molecule has 2 unspecified atom stereocenters. The van der Waals surface area contributed by atoms with Gasteiger partial charge in [0.05, 0.1) is 0 Å². The van der Waals surface area contributed by atoms with E-state index in [4.69, 9.17) is 5.73 Å². The van der Waals surface area contributed by atoms with Gasteiger partial charge in [0.1, 0.15) is 0 Å². The van der Waals surface area contributed by atoms with E-state index in [9.17, 15) is 4.79 Å². The molecule has 0 bridgehead atoms. The number of carbonyl (C=O) groups is 1. The molecule has 1 rings (SSSR count). The van der Waals surface area contributed by atoms with Crippen molar-refractivity contribution in [2.45, 2.75) is 39.3 Å². The van der Waals surface area contributed by atoms with E-state index in [1.165, 1.54) is 5.56 Å². The highest BCUT2D eigenvalue weighted by atomic mass is 16.2. The van der Waals surface area contributed by atoms with Crippen molar-refractivity contribution in [1.82, 2.24) is 10.2 Å². The zero-order chi connectivity index (χ0) is 15.0. The summed E-state index contributed by atoms with van der Waals surface area (Å²) in [5, 5.41) is 3.44. The van der Waals surface area contributed by atoms with Gasteiger partial charge < -0.3 is 16.0 Å². The molecule has 0 saturated heterocycles. The smallest absolute Gasteiger partial charge is 0.224 e. The zero-order valence-corrected chi connectivity index (χ0v) is 12.8. The van der Waals surface area contributed by atoms with Crippen LogP contribution in [0.5, 0.6) is 0 Å². The van der Waals surface area contributed by atoms with Crippen molar-refractivity contribution >= 4 is 5.91 Å². The van der Waals surface area contributed by atoms with E-state index in [-0.39, 0.29) is 18.0 Å². The van der Waals surface area contributed by atoms with E-state index in [1.807, 2.05) is 36.9 Å². The normalized spacial score (nSPS) is 13.8. The summed E-state index contributed by atoms with van der Waals surface area (Å²) in [5.41, 5.74) is 7.01. The van der Waals surface area contributed by atoms with Gasteiger partial charge in [-0.05, 0) is 26.3 Å². The fraction of sp³-hybridized carbons (Fsp3) is 0.562. The number of rotatable bonds is 8. The van der Waals surface area contributed by atoms with Crippen molar-refractivity contribution in [3.8, 4) is 0 Å². The van der Waals surface area contributed by atoms with E-state index in [1.54, 1.807) is 0 Å². The lowest BCUT2D eigenvalue weighted by Gasteiger charge is -2.25. The van der Waals surface area contributed by atoms with Crippen LogP contribution in [0, 0.1) is 0 Å². The number of benzene rings is 1. The predicted octanol–water partition coefficient (Wildman–Crippen LogP) is 1.92. The summed E-state index contributed by atoms with van der Waals surface area (Å²) in [6.45, 7) is 8.06. The average molecular weight is 277 g/mol. The maximum absolute atomic E-state index is 12.1. The highest BCUT2D eigenvalue weighted by molar-refractivity contribution is 5.76. The van der Waals surface area contributed by atoms with Crippen LogP contribution in [-0.4, -0.2) is 36.5 Å². The minimum absolute atomic E-state index is 0.0123. The maximum atomic E-state index is 12.1. The first-order valence-corrected chi connectivity index (χ1v) is 7.41. The van der Waals surface area contributed by atoms with Gasteiger partial charge in [0.2, 0.25) is 5.91 Å². The van der Waals surface area contributed by atoms with Crippen LogP contribution in [0.3, 0.4) is 0 Å². The first-order valence-electron chi connectivity index (χ1n) is 7.41. The average Bonchev–Trinajstić information content (AvgIpc) is 2.48. The second-order valence-electron chi connectivity index (χ2n) is 5.00. The number of nitrogens with two attached hydrogens (primary N) is 1. The summed E-state index contributed by atoms with van der Waals surface area (Å²) in [5.74, 6) is 0.165. The first kappa shape index (κ1) is 16.7. The van der Waals surface area contributed by atoms with Crippen LogP contribution in [0.1, 0.15) is 38.8 Å². The highest BCUT2D eigenvalue weighted by Crippen LogP contribution is 2.13. The Bertz CT molecular complexity index is 390. The Hall–Kier alpha value is -1.39. The van der Waals surface area contributed by atoms with E-state index in [0.29, 0.717) is 13.0 Å². The summed E-state index contributed by atoms with van der Waals surface area (Å²) >= 11 is 0. The minimum Gasteiger partial charge on any atom is -0.343 e. The molecule has 4 heteroatoms. The van der Waals surface area contributed by atoms with Crippen molar-refractivity contribution in [3.05, 3.63) is 35.9 Å². The number of nitrogens with one attached hydrogen (secondary N) is 1. The molecule has 0 aliphatic carbocycles. The van der Waals surface area contributed by atoms with Gasteiger partial charge in [0.15, 0.2) is 0 Å². The fourth-order valence-electron chi connectivity index (χ4n) is 2.32. The molecule has 0 heterocycles. The summed E-state index contributed by atoms with van der Waals surface area (Å²) in [6.07, 6.45) is 0.454. The van der Waals surface area contributed by atoms with Crippen LogP contribution >= 0.6 is 0 Å². The van der Waals surface area contributed by atoms with Crippen LogP contribution in [0.15, 0.2) is 30.3 Å². The molecular formula is C16H27N3O. The lowest BCUT2D eigenvalue weighted by Crippen LogP contribution is -2.43. The number of hydrogen-bond donors (Lipinski definition) is 2. The Morgan fingerprint density at radius 2 is 1.85 bits per heavy atom. The van der Waals surface area contributed by atoms with Gasteiger partial charge in [0.25, 0.3) is 0 Å². The first-order chi connectivity index (χ1) is 9.62. The third-order valence-corrected chi connectivity index (χ3v) is 3.61. The third kappa shape index (κ3) is 4.94. The molecule has 0 fully saturated rings. The second kappa shape index (κ2) is 8.72. The fourth-order valence-corrected chi connectivity index (χ4v) is 2.32. The molecule has 0 saturated carbocycles. The number of carbonyl (C=O) groups excluding carboxylic acids is 1. The number of hydrogen-bond acceptors (Lipinski definition) is 3. The molecule has 0 spiro atoms. The van der Waals surface area contributed by atoms with Crippen molar-refractivity contribution in [3.63, 3.8) is 0 Å². The van der Waals surface area contributed by atoms with Gasteiger partial charge in [-0.1, -0.05) is 30.3 Å². The molecule has 1 aromatic carbocycles. The Kier molecular flexibility index (Phi) is 7.26. The summed E-state index contributed by atoms with van der Waals surface area (Å²) in [4.78, 5) is 14.0. The van der Waals surface area contributed by atoms with Gasteiger partial charge in [-0.15, -0.1) is 0 Å². The van der Waals surface area contributed by atoms with Gasteiger partial charge in [0, 0.05) is 38.1 Å². The molecule has 2 atom stereocenters. The quantitative estimate of drug-likeness (QED) is 0.763. The SMILES string of the molecule is CCN(CC)C(=O)CC(CN)NC(C)c1ccccc1. The van der Waals surface area contributed by atoms with Gasteiger partial charge >= 0.3 is 0 Å². The van der Waals surface area contributed by atoms with E-state index < -0.39 is 0 Å². The van der Waals surface area contributed by atoms with Crippen molar-refractivity contribution in [2.24, 2.45) is 5.73 Å². The highest BCUT2D eigenvalue weighted by Gasteiger charge is 2.18. The maximum Gasteiger partial charge on any atom is 0.224 e. The van der Waals surface area contributed by atoms with Crippen LogP contribution in [0.2, 0.25) is 0 Å². The topological polar surface area (TPSA) is 58.4 Å². The van der Waals surface area contributed by atoms with Crippen LogP contribution < -0.4 is 11.1 Å². The second-order valence-corrected chi connectivity index (χ2v) is 5.00. The van der Waals surface area contributed by atoms with Crippen molar-refractivity contribution < 1.29 is 4.79 Å². The molecule has 1 aromatic rings. The molecule has 0 aliphatic heterocycles. The minimum atomic E-state index is 0.0123.